The standard InChI is InChI=1S/C25H35N5O5.C18H22BrN3O2/c1-24(2,3)35-21(31)9-11-25(4,15-26)22-17-8-7-16(13-19(17)29(5)28-22)27-18-10-12-30(23(32)33)14-20(18)34-6;1-17(2,3)24-15(23)8-9-18(4,11-20)16-13-7-6-12(19)10-14(13)22(5)21-16/h7-8,13,18,20,27H,9-12,14H2,1-6H3,(H,32,33);6-7,10H,8-9H2,1-5H3/t18-,20-,25?;/m1./s1. The van der Waals surface area contributed by atoms with E-state index in [1.54, 1.807) is 23.4 Å². The number of methoxy groups -OCH3 is 1. The Morgan fingerprint density at radius 2 is 1.31 bits per heavy atom. The summed E-state index contributed by atoms with van der Waals surface area (Å²) in [5.74, 6) is -0.640. The van der Waals surface area contributed by atoms with Gasteiger partial charge >= 0.3 is 18.0 Å². The van der Waals surface area contributed by atoms with Gasteiger partial charge in [-0.3, -0.25) is 19.0 Å². The Balaban J connectivity index is 0.000000280. The topological polar surface area (TPSA) is 198 Å². The SMILES string of the molecule is CO[C@@H]1CN(C(=O)O)CC[C@H]1Nc1ccc2c(C(C)(C#N)CCC(=O)OC(C)(C)C)nn(C)c2c1.Cn1nc(C(C)(C#N)CCC(=O)OC(C)(C)C)c2ccc(Br)cc21. The molecule has 0 aliphatic carbocycles. The van der Waals surface area contributed by atoms with Crippen LogP contribution in [0.4, 0.5) is 10.5 Å². The third kappa shape index (κ3) is 11.7. The number of anilines is 1. The number of nitrogens with zero attached hydrogens (tertiary/aromatic N) is 7. The van der Waals surface area contributed by atoms with E-state index in [-0.39, 0.29) is 36.9 Å². The minimum Gasteiger partial charge on any atom is -0.465 e. The van der Waals surface area contributed by atoms with Crippen molar-refractivity contribution in [3.63, 3.8) is 0 Å². The molecule has 59 heavy (non-hydrogen) atoms. The molecular weight excluding hydrogens is 820 g/mol. The van der Waals surface area contributed by atoms with Crippen LogP contribution in [0.5, 0.6) is 0 Å². The second kappa shape index (κ2) is 18.4. The summed E-state index contributed by atoms with van der Waals surface area (Å²) in [6.07, 6.45) is 0.357. The van der Waals surface area contributed by atoms with Gasteiger partial charge in [-0.25, -0.2) is 4.79 Å². The van der Waals surface area contributed by atoms with E-state index < -0.39 is 28.1 Å². The highest BCUT2D eigenvalue weighted by Gasteiger charge is 2.36. The van der Waals surface area contributed by atoms with Crippen LogP contribution in [0.15, 0.2) is 40.9 Å². The molecule has 0 radical (unpaired) electrons. The fourth-order valence-electron chi connectivity index (χ4n) is 7.04. The molecule has 2 aromatic carbocycles. The zero-order valence-corrected chi connectivity index (χ0v) is 37.6. The predicted octanol–water partition coefficient (Wildman–Crippen LogP) is 7.89. The Hall–Kier alpha value is -5.19. The summed E-state index contributed by atoms with van der Waals surface area (Å²) in [6.45, 7) is 15.3. The van der Waals surface area contributed by atoms with Gasteiger partial charge in [-0.2, -0.15) is 20.7 Å². The molecule has 0 spiro atoms. The third-order valence-electron chi connectivity index (χ3n) is 10.2. The average molecular weight is 878 g/mol. The van der Waals surface area contributed by atoms with Crippen molar-refractivity contribution in [2.24, 2.45) is 14.1 Å². The number of amides is 1. The Bertz CT molecular complexity index is 2260. The summed E-state index contributed by atoms with van der Waals surface area (Å²) >= 11 is 3.45. The van der Waals surface area contributed by atoms with Gasteiger partial charge in [0.15, 0.2) is 0 Å². The third-order valence-corrected chi connectivity index (χ3v) is 10.7. The number of aromatic nitrogens is 4. The molecule has 1 aliphatic heterocycles. The van der Waals surface area contributed by atoms with Gasteiger partial charge in [0.1, 0.15) is 11.2 Å². The lowest BCUT2D eigenvalue weighted by Crippen LogP contribution is -2.52. The van der Waals surface area contributed by atoms with Crippen molar-refractivity contribution in [1.82, 2.24) is 24.5 Å². The molecule has 0 saturated carbocycles. The first kappa shape index (κ1) is 46.5. The molecule has 16 heteroatoms. The number of nitrogens with one attached hydrogen (secondary N) is 1. The number of nitriles is 2. The molecule has 4 atom stereocenters. The van der Waals surface area contributed by atoms with E-state index in [1.807, 2.05) is 99.0 Å². The molecule has 3 heterocycles. The average Bonchev–Trinajstić information content (AvgIpc) is 3.67. The van der Waals surface area contributed by atoms with E-state index in [0.29, 0.717) is 43.7 Å². The smallest absolute Gasteiger partial charge is 0.407 e. The Morgan fingerprint density at radius 3 is 1.75 bits per heavy atom. The number of piperidine rings is 1. The second-order valence-corrected chi connectivity index (χ2v) is 18.4. The van der Waals surface area contributed by atoms with Crippen LogP contribution < -0.4 is 5.32 Å². The van der Waals surface area contributed by atoms with E-state index >= 15 is 0 Å². The summed E-state index contributed by atoms with van der Waals surface area (Å²) in [5, 5.41) is 43.5. The van der Waals surface area contributed by atoms with Crippen LogP contribution in [-0.2, 0) is 48.7 Å². The van der Waals surface area contributed by atoms with Crippen LogP contribution in [0.2, 0.25) is 0 Å². The van der Waals surface area contributed by atoms with Gasteiger partial charge in [0.2, 0.25) is 0 Å². The van der Waals surface area contributed by atoms with Crippen LogP contribution in [0.25, 0.3) is 21.8 Å². The van der Waals surface area contributed by atoms with Gasteiger partial charge in [-0.15, -0.1) is 0 Å². The first-order chi connectivity index (χ1) is 27.4. The highest BCUT2D eigenvalue weighted by Crippen LogP contribution is 2.36. The largest absolute Gasteiger partial charge is 0.465 e. The van der Waals surface area contributed by atoms with E-state index in [1.165, 1.54) is 4.90 Å². The number of carbonyl (C=O) groups is 3. The number of benzene rings is 2. The van der Waals surface area contributed by atoms with Crippen LogP contribution in [0.1, 0.15) is 98.9 Å². The number of rotatable bonds is 11. The molecule has 0 bridgehead atoms. The van der Waals surface area contributed by atoms with Crippen molar-refractivity contribution in [3.05, 3.63) is 52.3 Å². The number of halogens is 1. The van der Waals surface area contributed by atoms with Gasteiger partial charge in [0.25, 0.3) is 0 Å². The van der Waals surface area contributed by atoms with Crippen LogP contribution >= 0.6 is 15.9 Å². The van der Waals surface area contributed by atoms with Crippen molar-refractivity contribution in [2.75, 3.05) is 25.5 Å². The molecule has 1 fully saturated rings. The van der Waals surface area contributed by atoms with Gasteiger partial charge in [0.05, 0.1) is 64.1 Å². The maximum Gasteiger partial charge on any atom is 0.407 e. The van der Waals surface area contributed by atoms with Crippen LogP contribution in [0, 0.1) is 22.7 Å². The molecule has 5 rings (SSSR count). The molecule has 1 aliphatic rings. The van der Waals surface area contributed by atoms with Gasteiger partial charge in [0, 0.05) is 61.5 Å². The Morgan fingerprint density at radius 1 is 0.831 bits per heavy atom. The van der Waals surface area contributed by atoms with E-state index in [0.717, 1.165) is 32.0 Å². The lowest BCUT2D eigenvalue weighted by molar-refractivity contribution is -0.156. The van der Waals surface area contributed by atoms with E-state index in [4.69, 9.17) is 14.2 Å². The second-order valence-electron chi connectivity index (χ2n) is 17.4. The highest BCUT2D eigenvalue weighted by molar-refractivity contribution is 9.10. The molecule has 2 aromatic heterocycles. The van der Waals surface area contributed by atoms with Gasteiger partial charge in [-0.1, -0.05) is 15.9 Å². The maximum atomic E-state index is 12.3. The summed E-state index contributed by atoms with van der Waals surface area (Å²) in [4.78, 5) is 36.9. The Labute approximate surface area is 354 Å². The Kier molecular flexibility index (Phi) is 14.5. The lowest BCUT2D eigenvalue weighted by Gasteiger charge is -2.37. The number of fused-ring (bicyclic) bond motifs is 2. The molecule has 1 amide bonds. The number of carboxylic acid groups (broad SMARTS) is 1. The number of hydrogen-bond donors (Lipinski definition) is 2. The monoisotopic (exact) mass is 876 g/mol. The molecule has 2 N–H and O–H groups in total. The van der Waals surface area contributed by atoms with Crippen molar-refractivity contribution < 1.29 is 33.7 Å². The number of esters is 2. The zero-order chi connectivity index (χ0) is 44.1. The molecule has 15 nitrogen and oxygen atoms in total. The van der Waals surface area contributed by atoms with E-state index in [2.05, 4.69) is 43.6 Å². The minimum absolute atomic E-state index is 0.0426. The molecule has 2 unspecified atom stereocenters. The zero-order valence-electron chi connectivity index (χ0n) is 36.0. The quantitative estimate of drug-likeness (QED) is 0.138. The van der Waals surface area contributed by atoms with Gasteiger partial charge < -0.3 is 29.5 Å². The summed E-state index contributed by atoms with van der Waals surface area (Å²) in [6, 6.07) is 16.3. The number of carbonyl (C=O) groups excluding carboxylic acids is 2. The first-order valence-corrected chi connectivity index (χ1v) is 20.3. The fourth-order valence-corrected chi connectivity index (χ4v) is 7.39. The first-order valence-electron chi connectivity index (χ1n) is 19.6. The van der Waals surface area contributed by atoms with Crippen LogP contribution in [0.3, 0.4) is 0 Å². The summed E-state index contributed by atoms with van der Waals surface area (Å²) < 4.78 is 20.7. The van der Waals surface area contributed by atoms with Crippen molar-refractivity contribution in [1.29, 1.82) is 10.5 Å². The maximum absolute atomic E-state index is 12.3. The van der Waals surface area contributed by atoms with Crippen molar-refractivity contribution in [2.45, 2.75) is 122 Å². The summed E-state index contributed by atoms with van der Waals surface area (Å²) in [5.41, 5.74) is 1.04. The van der Waals surface area contributed by atoms with Crippen LogP contribution in [-0.4, -0.2) is 91.1 Å². The summed E-state index contributed by atoms with van der Waals surface area (Å²) in [7, 11) is 5.26. The van der Waals surface area contributed by atoms with Crippen molar-refractivity contribution in [3.8, 4) is 12.1 Å². The molecule has 4 aromatic rings. The number of ether oxygens (including phenoxy) is 3. The molecule has 318 valence electrons. The normalized spacial score (nSPS) is 17.8. The lowest BCUT2D eigenvalue weighted by atomic mass is 9.82. The highest BCUT2D eigenvalue weighted by atomic mass is 79.9. The van der Waals surface area contributed by atoms with Crippen molar-refractivity contribution >= 4 is 61.5 Å². The number of hydrogen-bond acceptors (Lipinski definition) is 11. The predicted molar refractivity (Wildman–Crippen MR) is 228 cm³/mol. The fraction of sp³-hybridized carbons (Fsp3) is 0.558. The molecule has 1 saturated heterocycles. The number of likely N-dealkylation sites (tertiary alicyclic amines) is 1. The minimum atomic E-state index is -0.962. The molecular formula is C43H57BrN8O7. The number of aryl methyl sites for hydroxylation is 2. The van der Waals surface area contributed by atoms with E-state index in [9.17, 15) is 30.0 Å². The van der Waals surface area contributed by atoms with Gasteiger partial charge in [-0.05, 0) is 111 Å².